The van der Waals surface area contributed by atoms with Crippen molar-refractivity contribution in [1.29, 1.82) is 0 Å². The lowest BCUT2D eigenvalue weighted by molar-refractivity contribution is -0.278. The molecule has 23 heavy (non-hydrogen) atoms. The van der Waals surface area contributed by atoms with Gasteiger partial charge in [0.2, 0.25) is 0 Å². The number of rotatable bonds is 1. The molecule has 3 saturated carbocycles. The van der Waals surface area contributed by atoms with Crippen LogP contribution in [0.3, 0.4) is 0 Å². The van der Waals surface area contributed by atoms with Crippen LogP contribution >= 0.6 is 11.6 Å². The minimum absolute atomic E-state index is 0.230. The van der Waals surface area contributed by atoms with E-state index in [1.54, 1.807) is 0 Å². The number of alkyl halides is 1. The van der Waals surface area contributed by atoms with Crippen molar-refractivity contribution in [3.8, 4) is 0 Å². The minimum atomic E-state index is -1.73. The normalized spacial score (nSPS) is 51.4. The Labute approximate surface area is 145 Å². The number of allylic oxidation sites excluding steroid dienone is 1. The van der Waals surface area contributed by atoms with Crippen LogP contribution in [-0.2, 0) is 0 Å². The Morgan fingerprint density at radius 3 is 2.61 bits per heavy atom. The van der Waals surface area contributed by atoms with Crippen molar-refractivity contribution >= 4 is 11.6 Å². The minimum Gasteiger partial charge on any atom is -0.362 e. The third-order valence-electron chi connectivity index (χ3n) is 8.68. The maximum atomic E-state index is 11.1. The summed E-state index contributed by atoms with van der Waals surface area (Å²) in [6.45, 7) is 4.65. The molecule has 2 N–H and O–H groups in total. The molecule has 1 unspecified atom stereocenters. The summed E-state index contributed by atoms with van der Waals surface area (Å²) in [6.07, 6.45) is 11.9. The van der Waals surface area contributed by atoms with Gasteiger partial charge in [-0.2, -0.15) is 0 Å². The van der Waals surface area contributed by atoms with Gasteiger partial charge < -0.3 is 10.2 Å². The van der Waals surface area contributed by atoms with Crippen molar-refractivity contribution in [2.45, 2.75) is 71.0 Å². The molecule has 2 nitrogen and oxygen atoms in total. The van der Waals surface area contributed by atoms with Gasteiger partial charge in [0, 0.05) is 11.3 Å². The third-order valence-corrected chi connectivity index (χ3v) is 8.96. The summed E-state index contributed by atoms with van der Waals surface area (Å²) in [6, 6.07) is 0. The molecule has 0 saturated heterocycles. The second-order valence-electron chi connectivity index (χ2n) is 9.29. The van der Waals surface area contributed by atoms with Gasteiger partial charge in [-0.1, -0.05) is 26.3 Å². The van der Waals surface area contributed by atoms with Gasteiger partial charge in [0.25, 0.3) is 0 Å². The molecule has 130 valence electrons. The van der Waals surface area contributed by atoms with Gasteiger partial charge in [0.1, 0.15) is 0 Å². The molecule has 0 heterocycles. The summed E-state index contributed by atoms with van der Waals surface area (Å²) in [5, 5.41) is 22.3. The average molecular weight is 339 g/mol. The lowest BCUT2D eigenvalue weighted by Gasteiger charge is -2.63. The van der Waals surface area contributed by atoms with E-state index in [1.807, 2.05) is 6.08 Å². The van der Waals surface area contributed by atoms with Gasteiger partial charge in [-0.05, 0) is 79.6 Å². The van der Waals surface area contributed by atoms with E-state index >= 15 is 0 Å². The lowest BCUT2D eigenvalue weighted by Crippen LogP contribution is -2.63. The highest BCUT2D eigenvalue weighted by Gasteiger charge is 2.64. The molecule has 4 aliphatic carbocycles. The van der Waals surface area contributed by atoms with E-state index in [4.69, 9.17) is 11.6 Å². The van der Waals surface area contributed by atoms with Gasteiger partial charge in [-0.25, -0.2) is 0 Å². The molecule has 6 atom stereocenters. The first-order chi connectivity index (χ1) is 10.8. The van der Waals surface area contributed by atoms with Crippen molar-refractivity contribution in [2.24, 2.45) is 34.5 Å². The Kier molecular flexibility index (Phi) is 3.73. The molecule has 0 spiro atoms. The van der Waals surface area contributed by atoms with Crippen molar-refractivity contribution in [1.82, 2.24) is 0 Å². The molecule has 0 aliphatic heterocycles. The molecule has 0 aromatic rings. The number of hydrogen-bond donors (Lipinski definition) is 2. The van der Waals surface area contributed by atoms with Crippen LogP contribution in [0.1, 0.15) is 65.2 Å². The molecular weight excluding hydrogens is 308 g/mol. The Bertz CT molecular complexity index is 528. The van der Waals surface area contributed by atoms with Crippen LogP contribution < -0.4 is 0 Å². The van der Waals surface area contributed by atoms with E-state index in [1.165, 1.54) is 32.1 Å². The first-order valence-corrected chi connectivity index (χ1v) is 10.1. The molecule has 3 heteroatoms. The molecule has 4 aliphatic rings. The highest BCUT2D eigenvalue weighted by molar-refractivity contribution is 6.19. The zero-order chi connectivity index (χ0) is 16.5. The second-order valence-corrected chi connectivity index (χ2v) is 9.56. The van der Waals surface area contributed by atoms with E-state index in [0.717, 1.165) is 25.2 Å². The summed E-state index contributed by atoms with van der Waals surface area (Å²) in [5.41, 5.74) is 0.717. The molecule has 3 fully saturated rings. The van der Waals surface area contributed by atoms with Crippen molar-refractivity contribution in [3.05, 3.63) is 11.6 Å². The van der Waals surface area contributed by atoms with Crippen LogP contribution in [0.4, 0.5) is 0 Å². The maximum absolute atomic E-state index is 11.1. The number of fused-ring (bicyclic) bond motifs is 5. The van der Waals surface area contributed by atoms with Crippen LogP contribution in [0.2, 0.25) is 0 Å². The fourth-order valence-corrected chi connectivity index (χ4v) is 7.55. The Hall–Kier alpha value is -0.0500. The summed E-state index contributed by atoms with van der Waals surface area (Å²) in [7, 11) is 0. The Balaban J connectivity index is 1.74. The predicted molar refractivity (Wildman–Crippen MR) is 93.1 cm³/mol. The lowest BCUT2D eigenvalue weighted by atomic mass is 9.44. The first kappa shape index (κ1) is 16.4. The van der Waals surface area contributed by atoms with Gasteiger partial charge in [-0.3, -0.25) is 0 Å². The topological polar surface area (TPSA) is 40.5 Å². The fourth-order valence-electron chi connectivity index (χ4n) is 7.25. The number of aliphatic hydroxyl groups is 2. The van der Waals surface area contributed by atoms with Crippen LogP contribution in [0.25, 0.3) is 0 Å². The molecule has 0 aromatic carbocycles. The fraction of sp³-hybridized carbons (Fsp3) is 0.900. The zero-order valence-electron chi connectivity index (χ0n) is 14.5. The summed E-state index contributed by atoms with van der Waals surface area (Å²) in [5.74, 6) is 0.781. The highest BCUT2D eigenvalue weighted by atomic mass is 35.5. The van der Waals surface area contributed by atoms with Gasteiger partial charge >= 0.3 is 0 Å². The Morgan fingerprint density at radius 1 is 1.09 bits per heavy atom. The largest absolute Gasteiger partial charge is 0.362 e. The van der Waals surface area contributed by atoms with E-state index in [2.05, 4.69) is 13.8 Å². The van der Waals surface area contributed by atoms with E-state index in [-0.39, 0.29) is 5.88 Å². The predicted octanol–water partition coefficient (Wildman–Crippen LogP) is 4.49. The summed E-state index contributed by atoms with van der Waals surface area (Å²) < 4.78 is 0. The van der Waals surface area contributed by atoms with Crippen LogP contribution in [0.15, 0.2) is 11.6 Å². The van der Waals surface area contributed by atoms with Gasteiger partial charge in [0.05, 0.1) is 0 Å². The van der Waals surface area contributed by atoms with Crippen molar-refractivity contribution < 1.29 is 10.2 Å². The van der Waals surface area contributed by atoms with Gasteiger partial charge in [-0.15, -0.1) is 11.6 Å². The SMILES string of the molecule is C[C@@]12CCC[C@H]1[C@@H]1CCC3CC=C(CCl)C(O)(O)[C@]3(C)[C@H]1CC2. The van der Waals surface area contributed by atoms with Gasteiger partial charge in [0.15, 0.2) is 5.79 Å². The molecule has 0 aromatic heterocycles. The van der Waals surface area contributed by atoms with Crippen LogP contribution in [-0.4, -0.2) is 21.9 Å². The monoisotopic (exact) mass is 338 g/mol. The second kappa shape index (κ2) is 5.22. The first-order valence-electron chi connectivity index (χ1n) is 9.55. The summed E-state index contributed by atoms with van der Waals surface area (Å²) >= 11 is 6.06. The molecule has 0 bridgehead atoms. The summed E-state index contributed by atoms with van der Waals surface area (Å²) in [4.78, 5) is 0. The third kappa shape index (κ3) is 2.01. The van der Waals surface area contributed by atoms with E-state index in [0.29, 0.717) is 28.7 Å². The standard InChI is InChI=1S/C20H31ClO2/c1-18-10-3-4-16(18)15-8-7-13-5-6-14(12-21)20(22,23)19(13,2)17(15)9-11-18/h6,13,15-17,22-23H,3-5,7-12H2,1-2H3/t13?,15-,16-,17-,18-,19-/m0/s1. The number of hydrogen-bond acceptors (Lipinski definition) is 2. The molecule has 4 rings (SSSR count). The Morgan fingerprint density at radius 2 is 1.87 bits per heavy atom. The molecular formula is C20H31ClO2. The van der Waals surface area contributed by atoms with Crippen LogP contribution in [0, 0.1) is 34.5 Å². The highest BCUT2D eigenvalue weighted by Crippen LogP contribution is 2.67. The smallest absolute Gasteiger partial charge is 0.192 e. The quantitative estimate of drug-likeness (QED) is 0.420. The number of halogens is 1. The van der Waals surface area contributed by atoms with E-state index < -0.39 is 11.2 Å². The maximum Gasteiger partial charge on any atom is 0.192 e. The van der Waals surface area contributed by atoms with Crippen molar-refractivity contribution in [3.63, 3.8) is 0 Å². The zero-order valence-corrected chi connectivity index (χ0v) is 15.3. The molecule has 0 amide bonds. The van der Waals surface area contributed by atoms with Crippen LogP contribution in [0.5, 0.6) is 0 Å². The van der Waals surface area contributed by atoms with E-state index in [9.17, 15) is 10.2 Å². The average Bonchev–Trinajstić information content (AvgIpc) is 2.90. The van der Waals surface area contributed by atoms with Crippen molar-refractivity contribution in [2.75, 3.05) is 5.88 Å². The molecule has 0 radical (unpaired) electrons.